The summed E-state index contributed by atoms with van der Waals surface area (Å²) in [5, 5.41) is 13.9. The summed E-state index contributed by atoms with van der Waals surface area (Å²) in [6.45, 7) is 0. The maximum absolute atomic E-state index is 13.4. The molecule has 1 aliphatic carbocycles. The fourth-order valence-electron chi connectivity index (χ4n) is 1.82. The van der Waals surface area contributed by atoms with Gasteiger partial charge >= 0.3 is 0 Å². The van der Waals surface area contributed by atoms with E-state index in [2.05, 4.69) is 10.5 Å². The van der Waals surface area contributed by atoms with Crippen LogP contribution in [0.3, 0.4) is 0 Å². The van der Waals surface area contributed by atoms with Crippen molar-refractivity contribution < 1.29 is 18.8 Å². The minimum absolute atomic E-state index is 0.0662. The van der Waals surface area contributed by atoms with Crippen LogP contribution in [0.1, 0.15) is 23.2 Å². The number of hydrogen-bond donors (Lipinski definition) is 3. The minimum Gasteiger partial charge on any atom is -0.409 e. The number of oxime groups is 1. The smallest absolute Gasteiger partial charge is 0.254 e. The van der Waals surface area contributed by atoms with Crippen LogP contribution < -0.4 is 11.1 Å². The molecule has 5 nitrogen and oxygen atoms in total. The molecule has 0 bridgehead atoms. The van der Waals surface area contributed by atoms with Crippen LogP contribution in [0.2, 0.25) is 0 Å². The monoisotopic (exact) mass is 269 g/mol. The Hall–Kier alpha value is -2.18. The van der Waals surface area contributed by atoms with E-state index in [1.54, 1.807) is 0 Å². The van der Waals surface area contributed by atoms with E-state index >= 15 is 0 Å². The Bertz CT molecular complexity index is 530. The lowest BCUT2D eigenvalue weighted by molar-refractivity contribution is 0.0938. The number of hydrogen-bond acceptors (Lipinski definition) is 3. The molecule has 1 aliphatic rings. The summed E-state index contributed by atoms with van der Waals surface area (Å²) >= 11 is 0. The standard InChI is InChI=1S/C12H13F2N3O2/c13-7-3-4-9(14)8(5-7)12(18)16-10(6-1-2-6)11(15)17-19/h3-6,10,19H,1-2H2,(H2,15,17)(H,16,18). The van der Waals surface area contributed by atoms with Crippen LogP contribution in [0, 0.1) is 17.6 Å². The molecule has 0 saturated heterocycles. The molecule has 2 rings (SSSR count). The van der Waals surface area contributed by atoms with E-state index in [9.17, 15) is 13.6 Å². The van der Waals surface area contributed by atoms with Gasteiger partial charge in [0.05, 0.1) is 11.6 Å². The van der Waals surface area contributed by atoms with Gasteiger partial charge in [-0.05, 0) is 37.0 Å². The van der Waals surface area contributed by atoms with Crippen molar-refractivity contribution in [2.45, 2.75) is 18.9 Å². The Labute approximate surface area is 108 Å². The summed E-state index contributed by atoms with van der Waals surface area (Å²) in [5.41, 5.74) is 5.06. The van der Waals surface area contributed by atoms with Gasteiger partial charge in [-0.3, -0.25) is 4.79 Å². The van der Waals surface area contributed by atoms with Gasteiger partial charge < -0.3 is 16.3 Å². The van der Waals surface area contributed by atoms with Crippen LogP contribution in [0.15, 0.2) is 23.4 Å². The highest BCUT2D eigenvalue weighted by atomic mass is 19.1. The molecule has 19 heavy (non-hydrogen) atoms. The topological polar surface area (TPSA) is 87.7 Å². The third kappa shape index (κ3) is 2.98. The Morgan fingerprint density at radius 2 is 2.16 bits per heavy atom. The average molecular weight is 269 g/mol. The SMILES string of the molecule is NC(=NO)C(NC(=O)c1cc(F)ccc1F)C1CC1. The molecule has 1 amide bonds. The van der Waals surface area contributed by atoms with E-state index in [0.717, 1.165) is 31.0 Å². The predicted molar refractivity (Wildman–Crippen MR) is 63.7 cm³/mol. The van der Waals surface area contributed by atoms with Crippen molar-refractivity contribution in [1.29, 1.82) is 0 Å². The Kier molecular flexibility index (Phi) is 3.64. The number of carbonyl (C=O) groups is 1. The first-order valence-corrected chi connectivity index (χ1v) is 5.76. The predicted octanol–water partition coefficient (Wildman–Crippen LogP) is 1.22. The fourth-order valence-corrected chi connectivity index (χ4v) is 1.82. The molecule has 1 aromatic carbocycles. The van der Waals surface area contributed by atoms with Crippen molar-refractivity contribution in [3.05, 3.63) is 35.4 Å². The molecule has 1 fully saturated rings. The Morgan fingerprint density at radius 3 is 2.74 bits per heavy atom. The molecular weight excluding hydrogens is 256 g/mol. The zero-order valence-electron chi connectivity index (χ0n) is 9.94. The van der Waals surface area contributed by atoms with Gasteiger partial charge in [0.2, 0.25) is 0 Å². The molecule has 0 heterocycles. The summed E-state index contributed by atoms with van der Waals surface area (Å²) in [6.07, 6.45) is 1.65. The van der Waals surface area contributed by atoms with Gasteiger partial charge in [-0.15, -0.1) is 0 Å². The average Bonchev–Trinajstić information content (AvgIpc) is 3.22. The quantitative estimate of drug-likeness (QED) is 0.332. The van der Waals surface area contributed by atoms with E-state index in [1.165, 1.54) is 0 Å². The second kappa shape index (κ2) is 5.21. The lowest BCUT2D eigenvalue weighted by Crippen LogP contribution is -2.46. The van der Waals surface area contributed by atoms with Crippen LogP contribution in [-0.2, 0) is 0 Å². The van der Waals surface area contributed by atoms with E-state index < -0.39 is 29.1 Å². The van der Waals surface area contributed by atoms with Crippen molar-refractivity contribution in [3.8, 4) is 0 Å². The molecule has 0 spiro atoms. The highest BCUT2D eigenvalue weighted by Crippen LogP contribution is 2.32. The van der Waals surface area contributed by atoms with E-state index in [1.807, 2.05) is 0 Å². The van der Waals surface area contributed by atoms with Crippen molar-refractivity contribution in [2.75, 3.05) is 0 Å². The van der Waals surface area contributed by atoms with Gasteiger partial charge in [0.1, 0.15) is 11.6 Å². The number of nitrogens with one attached hydrogen (secondary N) is 1. The normalized spacial score (nSPS) is 17.1. The van der Waals surface area contributed by atoms with Gasteiger partial charge in [0, 0.05) is 0 Å². The molecule has 0 aromatic heterocycles. The number of nitrogens with two attached hydrogens (primary N) is 1. The van der Waals surface area contributed by atoms with Crippen molar-refractivity contribution in [2.24, 2.45) is 16.8 Å². The molecule has 0 radical (unpaired) electrons. The molecule has 1 atom stereocenters. The minimum atomic E-state index is -0.826. The first-order valence-electron chi connectivity index (χ1n) is 5.76. The lowest BCUT2D eigenvalue weighted by Gasteiger charge is -2.16. The van der Waals surface area contributed by atoms with Gasteiger partial charge in [-0.1, -0.05) is 5.16 Å². The highest BCUT2D eigenvalue weighted by molar-refractivity contribution is 5.98. The number of rotatable bonds is 4. The van der Waals surface area contributed by atoms with Crippen LogP contribution in [0.4, 0.5) is 8.78 Å². The highest BCUT2D eigenvalue weighted by Gasteiger charge is 2.35. The molecule has 7 heteroatoms. The third-order valence-electron chi connectivity index (χ3n) is 2.99. The number of benzene rings is 1. The van der Waals surface area contributed by atoms with E-state index in [4.69, 9.17) is 10.9 Å². The number of nitrogens with zero attached hydrogens (tertiary/aromatic N) is 1. The summed E-state index contributed by atoms with van der Waals surface area (Å²) < 4.78 is 26.4. The first-order chi connectivity index (χ1) is 9.02. The zero-order chi connectivity index (χ0) is 14.0. The number of amides is 1. The van der Waals surface area contributed by atoms with Gasteiger partial charge in [-0.2, -0.15) is 0 Å². The number of amidine groups is 1. The third-order valence-corrected chi connectivity index (χ3v) is 2.99. The molecular formula is C12H13F2N3O2. The van der Waals surface area contributed by atoms with Gasteiger partial charge in [0.15, 0.2) is 5.84 Å². The number of carbonyl (C=O) groups excluding carboxylic acids is 1. The Balaban J connectivity index is 2.17. The van der Waals surface area contributed by atoms with Crippen LogP contribution >= 0.6 is 0 Å². The van der Waals surface area contributed by atoms with Crippen LogP contribution in [0.25, 0.3) is 0 Å². The second-order valence-electron chi connectivity index (χ2n) is 4.44. The summed E-state index contributed by atoms with van der Waals surface area (Å²) in [7, 11) is 0. The molecule has 1 unspecified atom stereocenters. The molecule has 4 N–H and O–H groups in total. The first kappa shape index (κ1) is 13.3. The lowest BCUT2D eigenvalue weighted by atomic mass is 10.1. The van der Waals surface area contributed by atoms with E-state index in [0.29, 0.717) is 0 Å². The summed E-state index contributed by atoms with van der Waals surface area (Å²) in [5.74, 6) is -2.41. The molecule has 102 valence electrons. The number of halogens is 2. The van der Waals surface area contributed by atoms with Crippen molar-refractivity contribution >= 4 is 11.7 Å². The molecule has 1 aromatic rings. The van der Waals surface area contributed by atoms with Crippen molar-refractivity contribution in [3.63, 3.8) is 0 Å². The second-order valence-corrected chi connectivity index (χ2v) is 4.44. The Morgan fingerprint density at radius 1 is 1.47 bits per heavy atom. The van der Waals surface area contributed by atoms with Crippen LogP contribution in [0.5, 0.6) is 0 Å². The fraction of sp³-hybridized carbons (Fsp3) is 0.333. The molecule has 1 saturated carbocycles. The summed E-state index contributed by atoms with van der Waals surface area (Å²) in [4.78, 5) is 11.9. The largest absolute Gasteiger partial charge is 0.409 e. The maximum atomic E-state index is 13.4. The zero-order valence-corrected chi connectivity index (χ0v) is 9.94. The van der Waals surface area contributed by atoms with Crippen molar-refractivity contribution in [1.82, 2.24) is 5.32 Å². The maximum Gasteiger partial charge on any atom is 0.254 e. The van der Waals surface area contributed by atoms with Crippen LogP contribution in [-0.4, -0.2) is 23.0 Å². The molecule has 0 aliphatic heterocycles. The van der Waals surface area contributed by atoms with Gasteiger partial charge in [-0.25, -0.2) is 8.78 Å². The van der Waals surface area contributed by atoms with Gasteiger partial charge in [0.25, 0.3) is 5.91 Å². The summed E-state index contributed by atoms with van der Waals surface area (Å²) in [6, 6.07) is 1.94. The van der Waals surface area contributed by atoms with E-state index in [-0.39, 0.29) is 11.8 Å².